The molecule has 29 heavy (non-hydrogen) atoms. The molecule has 1 atom stereocenters. The Morgan fingerprint density at radius 3 is 2.62 bits per heavy atom. The lowest BCUT2D eigenvalue weighted by Crippen LogP contribution is -2.50. The van der Waals surface area contributed by atoms with Crippen molar-refractivity contribution in [2.45, 2.75) is 10.7 Å². The molecule has 1 fully saturated rings. The number of allylic oxidation sites excluding steroid dienone is 1. The summed E-state index contributed by atoms with van der Waals surface area (Å²) < 4.78 is 36.3. The summed E-state index contributed by atoms with van der Waals surface area (Å²) in [5, 5.41) is 20.7. The Labute approximate surface area is 177 Å². The van der Waals surface area contributed by atoms with Crippen molar-refractivity contribution in [1.29, 1.82) is 0 Å². The van der Waals surface area contributed by atoms with Crippen LogP contribution in [0.1, 0.15) is 11.1 Å². The molecule has 0 amide bonds. The van der Waals surface area contributed by atoms with Crippen LogP contribution in [0.3, 0.4) is 0 Å². The highest BCUT2D eigenvalue weighted by Crippen LogP contribution is 2.41. The van der Waals surface area contributed by atoms with E-state index in [1.165, 1.54) is 18.2 Å². The second-order valence-corrected chi connectivity index (χ2v) is 9.20. The number of rotatable bonds is 4. The lowest BCUT2D eigenvalue weighted by atomic mass is 9.86. The monoisotopic (exact) mass is 478 g/mol. The van der Waals surface area contributed by atoms with Crippen molar-refractivity contribution in [1.82, 2.24) is 4.90 Å². The summed E-state index contributed by atoms with van der Waals surface area (Å²) in [5.41, 5.74) is 1.47. The van der Waals surface area contributed by atoms with E-state index in [0.29, 0.717) is 23.4 Å². The second-order valence-electron chi connectivity index (χ2n) is 6.68. The van der Waals surface area contributed by atoms with Crippen molar-refractivity contribution in [3.8, 4) is 0 Å². The summed E-state index contributed by atoms with van der Waals surface area (Å²) in [6, 6.07) is 13.1. The van der Waals surface area contributed by atoms with Gasteiger partial charge < -0.3 is 19.8 Å². The van der Waals surface area contributed by atoms with Gasteiger partial charge in [0.05, 0.1) is 29.5 Å². The minimum absolute atomic E-state index is 0.0667. The van der Waals surface area contributed by atoms with E-state index >= 15 is 0 Å². The minimum Gasteiger partial charge on any atom is -0.395 e. The Hall–Kier alpha value is -2.04. The lowest BCUT2D eigenvalue weighted by molar-refractivity contribution is -0.219. The van der Waals surface area contributed by atoms with Crippen molar-refractivity contribution >= 4 is 31.7 Å². The van der Waals surface area contributed by atoms with Crippen LogP contribution in [0, 0.1) is 0 Å². The van der Waals surface area contributed by atoms with Gasteiger partial charge in [0, 0.05) is 28.7 Å². The number of hydrogen-bond acceptors (Lipinski definition) is 6. The molecule has 1 heterocycles. The minimum atomic E-state index is -3.97. The number of benzene rings is 2. The SMILES string of the molecule is O=S(=O)(N=C1C=C2N(CCO)CCOC2(O)c2ccccc21)c1ccc(Br)cc1. The van der Waals surface area contributed by atoms with Gasteiger partial charge in [-0.25, -0.2) is 0 Å². The van der Waals surface area contributed by atoms with E-state index in [2.05, 4.69) is 20.3 Å². The van der Waals surface area contributed by atoms with Gasteiger partial charge in [-0.2, -0.15) is 12.8 Å². The quantitative estimate of drug-likeness (QED) is 0.696. The highest BCUT2D eigenvalue weighted by atomic mass is 79.9. The van der Waals surface area contributed by atoms with Crippen LogP contribution in [0.5, 0.6) is 0 Å². The maximum absolute atomic E-state index is 12.9. The molecule has 7 nitrogen and oxygen atoms in total. The van der Waals surface area contributed by atoms with Crippen LogP contribution >= 0.6 is 15.9 Å². The molecule has 4 rings (SSSR count). The van der Waals surface area contributed by atoms with E-state index in [1.807, 2.05) is 0 Å². The largest absolute Gasteiger partial charge is 0.395 e. The number of hydrogen-bond donors (Lipinski definition) is 2. The summed E-state index contributed by atoms with van der Waals surface area (Å²) >= 11 is 3.29. The van der Waals surface area contributed by atoms with Gasteiger partial charge in [0.2, 0.25) is 5.79 Å². The van der Waals surface area contributed by atoms with Gasteiger partial charge in [-0.1, -0.05) is 40.2 Å². The van der Waals surface area contributed by atoms with Gasteiger partial charge in [-0.3, -0.25) is 0 Å². The molecule has 1 unspecified atom stereocenters. The van der Waals surface area contributed by atoms with Crippen LogP contribution in [0.15, 0.2) is 74.1 Å². The maximum Gasteiger partial charge on any atom is 0.282 e. The fourth-order valence-corrected chi connectivity index (χ4v) is 4.80. The van der Waals surface area contributed by atoms with E-state index in [9.17, 15) is 18.6 Å². The van der Waals surface area contributed by atoms with Crippen LogP contribution < -0.4 is 0 Å². The second kappa shape index (κ2) is 7.66. The molecule has 1 aliphatic heterocycles. The van der Waals surface area contributed by atoms with Crippen molar-refractivity contribution in [3.63, 3.8) is 0 Å². The molecule has 9 heteroatoms. The van der Waals surface area contributed by atoms with E-state index < -0.39 is 15.8 Å². The highest BCUT2D eigenvalue weighted by molar-refractivity contribution is 9.10. The van der Waals surface area contributed by atoms with Crippen molar-refractivity contribution < 1.29 is 23.4 Å². The topological polar surface area (TPSA) is 99.4 Å². The smallest absolute Gasteiger partial charge is 0.282 e. The number of fused-ring (bicyclic) bond motifs is 3. The lowest BCUT2D eigenvalue weighted by Gasteiger charge is -2.45. The molecule has 0 saturated carbocycles. The zero-order valence-electron chi connectivity index (χ0n) is 15.3. The number of sulfonamides is 1. The van der Waals surface area contributed by atoms with Gasteiger partial charge in [0.25, 0.3) is 10.0 Å². The Bertz CT molecular complexity index is 1100. The number of aliphatic hydroxyl groups excluding tert-OH is 1. The van der Waals surface area contributed by atoms with Crippen LogP contribution in [0.2, 0.25) is 0 Å². The predicted molar refractivity (Wildman–Crippen MR) is 111 cm³/mol. The Morgan fingerprint density at radius 1 is 1.17 bits per heavy atom. The molecule has 0 aromatic heterocycles. The first-order valence-corrected chi connectivity index (χ1v) is 11.2. The molecule has 0 radical (unpaired) electrons. The summed E-state index contributed by atoms with van der Waals surface area (Å²) in [6.07, 6.45) is 1.52. The van der Waals surface area contributed by atoms with Gasteiger partial charge in [0.1, 0.15) is 0 Å². The van der Waals surface area contributed by atoms with Crippen LogP contribution in [-0.4, -0.2) is 55.5 Å². The van der Waals surface area contributed by atoms with Crippen LogP contribution in [-0.2, 0) is 20.5 Å². The average Bonchev–Trinajstić information content (AvgIpc) is 2.70. The van der Waals surface area contributed by atoms with Gasteiger partial charge in [-0.05, 0) is 30.3 Å². The third-order valence-electron chi connectivity index (χ3n) is 4.90. The molecular formula is C20H19BrN2O5S. The Kier molecular flexibility index (Phi) is 5.34. The standard InChI is InChI=1S/C20H19BrN2O5S/c21-14-5-7-15(8-6-14)29(26,27)22-18-13-19-20(25,17-4-2-1-3-16(17)18)28-12-10-23(19)9-11-24/h1-8,13,24-25H,9-12H2. The van der Waals surface area contributed by atoms with Gasteiger partial charge in [-0.15, -0.1) is 0 Å². The molecule has 2 N–H and O–H groups in total. The van der Waals surface area contributed by atoms with E-state index in [1.54, 1.807) is 41.3 Å². The fraction of sp³-hybridized carbons (Fsp3) is 0.250. The normalized spacial score (nSPS) is 22.8. The maximum atomic E-state index is 12.9. The van der Waals surface area contributed by atoms with E-state index in [0.717, 1.165) is 4.47 Å². The van der Waals surface area contributed by atoms with Crippen LogP contribution in [0.25, 0.3) is 0 Å². The van der Waals surface area contributed by atoms with Crippen LogP contribution in [0.4, 0.5) is 0 Å². The number of morpholine rings is 1. The van der Waals surface area contributed by atoms with Crippen molar-refractivity contribution in [3.05, 3.63) is 75.9 Å². The Morgan fingerprint density at radius 2 is 1.90 bits per heavy atom. The molecule has 0 spiro atoms. The molecular weight excluding hydrogens is 460 g/mol. The van der Waals surface area contributed by atoms with Crippen molar-refractivity contribution in [2.24, 2.45) is 4.40 Å². The number of aliphatic hydroxyl groups is 2. The zero-order chi connectivity index (χ0) is 20.6. The zero-order valence-corrected chi connectivity index (χ0v) is 17.7. The molecule has 152 valence electrons. The van der Waals surface area contributed by atoms with Gasteiger partial charge >= 0.3 is 0 Å². The van der Waals surface area contributed by atoms with E-state index in [4.69, 9.17) is 4.74 Å². The summed E-state index contributed by atoms with van der Waals surface area (Å²) in [7, 11) is -3.97. The average molecular weight is 479 g/mol. The summed E-state index contributed by atoms with van der Waals surface area (Å²) in [4.78, 5) is 1.85. The number of ether oxygens (including phenoxy) is 1. The molecule has 2 aromatic carbocycles. The first kappa shape index (κ1) is 20.2. The molecule has 2 aliphatic rings. The molecule has 1 aliphatic carbocycles. The first-order chi connectivity index (χ1) is 13.8. The summed E-state index contributed by atoms with van der Waals surface area (Å²) in [6.45, 7) is 0.903. The highest BCUT2D eigenvalue weighted by Gasteiger charge is 2.46. The number of β-amino-alcohol motifs (C(OH)–C–C–N with tert-alkyl or cyclic N) is 1. The molecule has 2 aromatic rings. The fourth-order valence-electron chi connectivity index (χ4n) is 3.54. The third kappa shape index (κ3) is 3.64. The van der Waals surface area contributed by atoms with Gasteiger partial charge in [0.15, 0.2) is 0 Å². The number of nitrogens with zero attached hydrogens (tertiary/aromatic N) is 2. The summed E-state index contributed by atoms with van der Waals surface area (Å²) in [5.74, 6) is -1.72. The number of halogens is 1. The molecule has 1 saturated heterocycles. The van der Waals surface area contributed by atoms with Crippen molar-refractivity contribution in [2.75, 3.05) is 26.3 Å². The molecule has 0 bridgehead atoms. The predicted octanol–water partition coefficient (Wildman–Crippen LogP) is 1.99. The first-order valence-electron chi connectivity index (χ1n) is 9.00. The van der Waals surface area contributed by atoms with E-state index in [-0.39, 0.29) is 30.4 Å². The Balaban J connectivity index is 1.88. The third-order valence-corrected chi connectivity index (χ3v) is 6.74.